The van der Waals surface area contributed by atoms with Crippen LogP contribution < -0.4 is 4.74 Å². The molecule has 2 nitrogen and oxygen atoms in total. The average molecular weight is 381 g/mol. The largest absolute Gasteiger partial charge is 0.496 e. The van der Waals surface area contributed by atoms with E-state index in [1.165, 1.54) is 25.3 Å². The summed E-state index contributed by atoms with van der Waals surface area (Å²) in [6.07, 6.45) is -14.5. The third-order valence-corrected chi connectivity index (χ3v) is 3.37. The summed E-state index contributed by atoms with van der Waals surface area (Å²) in [6.45, 7) is 0. The van der Waals surface area contributed by atoms with E-state index in [9.17, 15) is 31.4 Å². The van der Waals surface area contributed by atoms with Crippen LogP contribution >= 0.6 is 15.9 Å². The monoisotopic (exact) mass is 380 g/mol. The van der Waals surface area contributed by atoms with Crippen LogP contribution in [-0.4, -0.2) is 30.7 Å². The van der Waals surface area contributed by atoms with Gasteiger partial charge in [-0.3, -0.25) is 0 Å². The normalized spacial score (nSPS) is 14.4. The number of ether oxygens (including phenoxy) is 1. The van der Waals surface area contributed by atoms with Crippen molar-refractivity contribution in [2.75, 3.05) is 7.11 Å². The first-order chi connectivity index (χ1) is 9.46. The van der Waals surface area contributed by atoms with Crippen molar-refractivity contribution in [3.8, 4) is 5.75 Å². The molecule has 0 radical (unpaired) electrons. The van der Waals surface area contributed by atoms with Crippen LogP contribution in [0.1, 0.15) is 5.56 Å². The number of halogens is 7. The summed E-state index contributed by atoms with van der Waals surface area (Å²) in [7, 11) is 1.36. The summed E-state index contributed by atoms with van der Waals surface area (Å²) in [4.78, 5) is 0. The molecule has 1 unspecified atom stereocenters. The molecule has 9 heteroatoms. The molecule has 0 aliphatic heterocycles. The lowest BCUT2D eigenvalue weighted by atomic mass is 9.95. The van der Waals surface area contributed by atoms with Gasteiger partial charge in [0, 0.05) is 0 Å². The van der Waals surface area contributed by atoms with E-state index in [2.05, 4.69) is 15.9 Å². The molecule has 1 rings (SSSR count). The molecule has 21 heavy (non-hydrogen) atoms. The molecule has 0 amide bonds. The Kier molecular flexibility index (Phi) is 5.54. The second-order valence-electron chi connectivity index (χ2n) is 4.30. The maximum Gasteiger partial charge on any atom is 0.403 e. The number of methoxy groups -OCH3 is 1. The molecule has 0 bridgehead atoms. The minimum absolute atomic E-state index is 0.119. The molecule has 0 aliphatic carbocycles. The first kappa shape index (κ1) is 18.1. The van der Waals surface area contributed by atoms with Crippen molar-refractivity contribution in [3.05, 3.63) is 28.2 Å². The Hall–Kier alpha value is -0.960. The second-order valence-corrected chi connectivity index (χ2v) is 5.16. The molecular formula is C12H11BrF6O2. The van der Waals surface area contributed by atoms with Gasteiger partial charge in [0.25, 0.3) is 0 Å². The van der Waals surface area contributed by atoms with Gasteiger partial charge in [-0.05, 0) is 40.0 Å². The third kappa shape index (κ3) is 4.77. The van der Waals surface area contributed by atoms with Crippen molar-refractivity contribution < 1.29 is 36.2 Å². The highest BCUT2D eigenvalue weighted by Crippen LogP contribution is 2.42. The van der Waals surface area contributed by atoms with Crippen molar-refractivity contribution >= 4 is 15.9 Å². The van der Waals surface area contributed by atoms with Crippen molar-refractivity contribution in [2.24, 2.45) is 5.92 Å². The van der Waals surface area contributed by atoms with Gasteiger partial charge in [0.1, 0.15) is 5.75 Å². The fourth-order valence-electron chi connectivity index (χ4n) is 1.82. The Bertz CT molecular complexity index is 472. The van der Waals surface area contributed by atoms with Crippen LogP contribution in [0, 0.1) is 5.92 Å². The number of alkyl halides is 6. The molecule has 120 valence electrons. The smallest absolute Gasteiger partial charge is 0.403 e. The molecule has 0 fully saturated rings. The van der Waals surface area contributed by atoms with Crippen molar-refractivity contribution in [1.29, 1.82) is 0 Å². The number of rotatable bonds is 4. The van der Waals surface area contributed by atoms with Gasteiger partial charge in [0.05, 0.1) is 17.7 Å². The molecule has 1 atom stereocenters. The van der Waals surface area contributed by atoms with E-state index in [0.717, 1.165) is 0 Å². The van der Waals surface area contributed by atoms with Gasteiger partial charge in [0.2, 0.25) is 0 Å². The zero-order valence-electron chi connectivity index (χ0n) is 10.6. The van der Waals surface area contributed by atoms with Crippen LogP contribution in [-0.2, 0) is 6.42 Å². The van der Waals surface area contributed by atoms with E-state index in [-0.39, 0.29) is 5.56 Å². The van der Waals surface area contributed by atoms with Crippen LogP contribution in [0.3, 0.4) is 0 Å². The van der Waals surface area contributed by atoms with Gasteiger partial charge in [-0.15, -0.1) is 0 Å². The number of aliphatic hydroxyl groups excluding tert-OH is 1. The van der Waals surface area contributed by atoms with Gasteiger partial charge >= 0.3 is 12.4 Å². The molecular weight excluding hydrogens is 370 g/mol. The van der Waals surface area contributed by atoms with Crippen molar-refractivity contribution in [2.45, 2.75) is 24.9 Å². The Morgan fingerprint density at radius 3 is 2.05 bits per heavy atom. The number of benzene rings is 1. The molecule has 0 aromatic heterocycles. The van der Waals surface area contributed by atoms with Gasteiger partial charge < -0.3 is 9.84 Å². The first-order valence-electron chi connectivity index (χ1n) is 5.60. The first-order valence-corrected chi connectivity index (χ1v) is 6.40. The molecule has 0 heterocycles. The van der Waals surface area contributed by atoms with Crippen LogP contribution in [0.2, 0.25) is 0 Å². The Labute approximate surface area is 124 Å². The quantitative estimate of drug-likeness (QED) is 0.796. The van der Waals surface area contributed by atoms with Gasteiger partial charge in [-0.2, -0.15) is 26.3 Å². The lowest BCUT2D eigenvalue weighted by Crippen LogP contribution is -2.45. The van der Waals surface area contributed by atoms with Gasteiger partial charge in [0.15, 0.2) is 5.92 Å². The van der Waals surface area contributed by atoms with E-state index in [1.54, 1.807) is 0 Å². The van der Waals surface area contributed by atoms with Crippen LogP contribution in [0.5, 0.6) is 5.75 Å². The van der Waals surface area contributed by atoms with Crippen LogP contribution in [0.25, 0.3) is 0 Å². The summed E-state index contributed by atoms with van der Waals surface area (Å²) < 4.78 is 80.0. The maximum absolute atomic E-state index is 12.5. The maximum atomic E-state index is 12.5. The predicted octanol–water partition coefficient (Wildman–Crippen LogP) is 4.10. The zero-order chi connectivity index (χ0) is 16.4. The predicted molar refractivity (Wildman–Crippen MR) is 66.0 cm³/mol. The summed E-state index contributed by atoms with van der Waals surface area (Å²) in [5.41, 5.74) is 0.119. The summed E-state index contributed by atoms with van der Waals surface area (Å²) in [5.74, 6) is -3.41. The average Bonchev–Trinajstić information content (AvgIpc) is 2.24. The second kappa shape index (κ2) is 6.43. The minimum atomic E-state index is -5.57. The molecule has 0 aliphatic rings. The van der Waals surface area contributed by atoms with E-state index in [0.29, 0.717) is 10.2 Å². The summed E-state index contributed by atoms with van der Waals surface area (Å²) in [5, 5.41) is 9.36. The third-order valence-electron chi connectivity index (χ3n) is 2.75. The molecule has 0 spiro atoms. The van der Waals surface area contributed by atoms with Gasteiger partial charge in [-0.1, -0.05) is 6.07 Å². The number of hydrogen-bond donors (Lipinski definition) is 1. The topological polar surface area (TPSA) is 29.5 Å². The number of aliphatic hydroxyl groups is 1. The van der Waals surface area contributed by atoms with Crippen molar-refractivity contribution in [3.63, 3.8) is 0 Å². The lowest BCUT2D eigenvalue weighted by Gasteiger charge is -2.27. The molecule has 0 saturated carbocycles. The highest BCUT2D eigenvalue weighted by atomic mass is 79.9. The van der Waals surface area contributed by atoms with Gasteiger partial charge in [-0.25, -0.2) is 0 Å². The molecule has 1 aromatic rings. The Morgan fingerprint density at radius 1 is 1.14 bits per heavy atom. The zero-order valence-corrected chi connectivity index (χ0v) is 12.2. The molecule has 1 aromatic carbocycles. The summed E-state index contributed by atoms with van der Waals surface area (Å²) >= 11 is 3.06. The van der Waals surface area contributed by atoms with E-state index in [4.69, 9.17) is 4.74 Å². The van der Waals surface area contributed by atoms with Crippen molar-refractivity contribution in [1.82, 2.24) is 0 Å². The van der Waals surface area contributed by atoms with E-state index in [1.807, 2.05) is 0 Å². The Morgan fingerprint density at radius 2 is 1.67 bits per heavy atom. The molecule has 0 saturated heterocycles. The molecule has 1 N–H and O–H groups in total. The Balaban J connectivity index is 2.97. The standard InChI is InChI=1S/C12H11BrF6O2/c1-21-9-3-2-6(4-7(9)13)5-8(20)10(11(14,15)16)12(17,18)19/h2-4,8,10,20H,5H2,1H3. The fourth-order valence-corrected chi connectivity index (χ4v) is 2.41. The lowest BCUT2D eigenvalue weighted by molar-refractivity contribution is -0.305. The van der Waals surface area contributed by atoms with Crippen LogP contribution in [0.4, 0.5) is 26.3 Å². The van der Waals surface area contributed by atoms with E-state index < -0.39 is 30.8 Å². The fraction of sp³-hybridized carbons (Fsp3) is 0.500. The van der Waals surface area contributed by atoms with E-state index >= 15 is 0 Å². The number of hydrogen-bond acceptors (Lipinski definition) is 2. The minimum Gasteiger partial charge on any atom is -0.496 e. The highest BCUT2D eigenvalue weighted by molar-refractivity contribution is 9.10. The van der Waals surface area contributed by atoms with Crippen LogP contribution in [0.15, 0.2) is 22.7 Å². The summed E-state index contributed by atoms with van der Waals surface area (Å²) in [6, 6.07) is 3.96. The SMILES string of the molecule is COc1ccc(CC(O)C(C(F)(F)F)C(F)(F)F)cc1Br. The highest BCUT2D eigenvalue weighted by Gasteiger charge is 2.59.